The van der Waals surface area contributed by atoms with Crippen molar-refractivity contribution in [2.75, 3.05) is 0 Å². The topological polar surface area (TPSA) is 12.0 Å². The van der Waals surface area contributed by atoms with E-state index in [2.05, 4.69) is 51.5 Å². The molecule has 5 heteroatoms. The molecule has 0 saturated heterocycles. The van der Waals surface area contributed by atoms with Crippen LogP contribution in [0, 0.1) is 0 Å². The third kappa shape index (κ3) is 5.64. The van der Waals surface area contributed by atoms with E-state index in [0.717, 1.165) is 0 Å². The zero-order valence-electron chi connectivity index (χ0n) is 11.3. The molecular weight excluding hydrogens is 336 g/mol. The maximum absolute atomic E-state index is 3.98. The van der Waals surface area contributed by atoms with Crippen molar-refractivity contribution in [1.29, 1.82) is 0 Å². The molecule has 0 aromatic heterocycles. The van der Waals surface area contributed by atoms with Crippen LogP contribution in [-0.4, -0.2) is 12.9 Å². The molecule has 0 aliphatic heterocycles. The van der Waals surface area contributed by atoms with Gasteiger partial charge < -0.3 is 0 Å². The van der Waals surface area contributed by atoms with E-state index >= 15 is 0 Å². The van der Waals surface area contributed by atoms with Crippen molar-refractivity contribution in [2.24, 2.45) is 0 Å². The van der Waals surface area contributed by atoms with Crippen LogP contribution in [0.15, 0.2) is 21.5 Å². The average molecular weight is 363 g/mol. The molecule has 0 unspecified atom stereocenters. The molecule has 1 nitrogen and oxygen atoms in total. The van der Waals surface area contributed by atoms with Crippen molar-refractivity contribution in [2.45, 2.75) is 42.0 Å². The summed E-state index contributed by atoms with van der Waals surface area (Å²) in [7, 11) is 1.32. The van der Waals surface area contributed by atoms with Crippen molar-refractivity contribution in [3.8, 4) is 0 Å². The Bertz CT molecular complexity index is 297. The monoisotopic (exact) mass is 360 g/mol. The number of hydrogen-bond donors (Lipinski definition) is 1. The van der Waals surface area contributed by atoms with E-state index in [0.29, 0.717) is 0 Å². The summed E-state index contributed by atoms with van der Waals surface area (Å²) >= 11 is -2.61. The Morgan fingerprint density at radius 2 is 1.75 bits per heavy atom. The molecule has 1 rings (SSSR count). The molecule has 0 fully saturated rings. The summed E-state index contributed by atoms with van der Waals surface area (Å²) in [5.74, 6) is 0. The predicted molar refractivity (Wildman–Crippen MR) is 80.9 cm³/mol. The van der Waals surface area contributed by atoms with Crippen LogP contribution in [0.4, 0.5) is 0 Å². The second-order valence-corrected chi connectivity index (χ2v) is 42.1. The smallest absolute Gasteiger partial charge is 0.147 e. The number of halogens is 2. The maximum Gasteiger partial charge on any atom is -0.147 e. The Hall–Kier alpha value is 1.12. The van der Waals surface area contributed by atoms with Crippen molar-refractivity contribution >= 4 is 32.2 Å². The first kappa shape index (κ1) is 19.5. The molecule has 0 amide bonds. The van der Waals surface area contributed by atoms with E-state index in [1.807, 2.05) is 0 Å². The molecule has 0 radical (unpaired) electrons. The Kier molecular flexibility index (Phi) is 7.10. The van der Waals surface area contributed by atoms with Crippen LogP contribution in [0.1, 0.15) is 27.2 Å². The fourth-order valence-electron chi connectivity index (χ4n) is 2.49. The Labute approximate surface area is 116 Å². The summed E-state index contributed by atoms with van der Waals surface area (Å²) < 4.78 is 10.8. The van der Waals surface area contributed by atoms with Gasteiger partial charge in [0.25, 0.3) is 0 Å². The van der Waals surface area contributed by atoms with E-state index in [1.165, 1.54) is 13.8 Å². The van der Waals surface area contributed by atoms with Crippen molar-refractivity contribution < 1.29 is 18.2 Å². The van der Waals surface area contributed by atoms with Gasteiger partial charge in [0.1, 0.15) is 0 Å². The molecule has 0 spiro atoms. The van der Waals surface area contributed by atoms with Crippen LogP contribution in [0.2, 0.25) is 9.26 Å². The van der Waals surface area contributed by atoms with Gasteiger partial charge in [0, 0.05) is 0 Å². The van der Waals surface area contributed by atoms with Crippen LogP contribution in [0.5, 0.6) is 0 Å². The number of allylic oxidation sites excluding steroid dienone is 4. The molecule has 0 saturated carbocycles. The summed E-state index contributed by atoms with van der Waals surface area (Å²) in [6.45, 7) is 6.86. The molecule has 1 aliphatic rings. The molecule has 1 N–H and O–H groups in total. The van der Waals surface area contributed by atoms with Gasteiger partial charge in [-0.25, -0.2) is 0 Å². The largest absolute Gasteiger partial charge is 0.147 e. The first-order chi connectivity index (χ1) is 6.09. The summed E-state index contributed by atoms with van der Waals surface area (Å²) in [6, 6.07) is 0. The van der Waals surface area contributed by atoms with Gasteiger partial charge >= 0.3 is 92.4 Å². The Morgan fingerprint density at radius 1 is 1.25 bits per heavy atom. The van der Waals surface area contributed by atoms with Crippen molar-refractivity contribution in [1.82, 2.24) is 3.26 Å². The predicted octanol–water partition coefficient (Wildman–Crippen LogP) is 3.04. The molecule has 16 heavy (non-hydrogen) atoms. The van der Waals surface area contributed by atoms with E-state index in [9.17, 15) is 0 Å². The number of nitrogens with one attached hydrogen (secondary N) is 1. The Balaban J connectivity index is 0. The van der Waals surface area contributed by atoms with Gasteiger partial charge in [-0.05, 0) is 0 Å². The Morgan fingerprint density at radius 3 is 2.06 bits per heavy atom. The van der Waals surface area contributed by atoms with Gasteiger partial charge in [0.15, 0.2) is 0 Å². The number of hydrogen-bond acceptors (Lipinski definition) is 1. The minimum Gasteiger partial charge on any atom is -0.147 e. The molecule has 0 atom stereocenters. The third-order valence-electron chi connectivity index (χ3n) is 2.71. The minimum absolute atomic E-state index is 0. The normalized spacial score (nSPS) is 18.1. The summed E-state index contributed by atoms with van der Waals surface area (Å²) in [4.78, 5) is 0. The first-order valence-electron chi connectivity index (χ1n) is 5.47. The summed E-state index contributed by atoms with van der Waals surface area (Å²) in [6.07, 6.45) is 8.07. The van der Waals surface area contributed by atoms with Crippen molar-refractivity contribution in [3.63, 3.8) is 0 Å². The van der Waals surface area contributed by atoms with E-state index < -0.39 is 18.2 Å². The quantitative estimate of drug-likeness (QED) is 0.745. The zero-order valence-corrected chi connectivity index (χ0v) is 17.3. The maximum atomic E-state index is 3.98. The third-order valence-corrected chi connectivity index (χ3v) is 18.4. The van der Waals surface area contributed by atoms with Crippen LogP contribution in [0.25, 0.3) is 0 Å². The van der Waals surface area contributed by atoms with Crippen LogP contribution < -0.4 is 3.26 Å². The fraction of sp³-hybridized carbons (Fsp3) is 0.636. The van der Waals surface area contributed by atoms with Gasteiger partial charge in [-0.15, -0.1) is 24.8 Å². The average Bonchev–Trinajstić information content (AvgIpc) is 2.26. The van der Waals surface area contributed by atoms with E-state index in [-0.39, 0.29) is 30.4 Å². The zero-order chi connectivity index (χ0) is 11.1. The fourth-order valence-corrected chi connectivity index (χ4v) is 19.7. The van der Waals surface area contributed by atoms with E-state index in [4.69, 9.17) is 0 Å². The molecular formula is C11H26Cl2NSiZr. The van der Waals surface area contributed by atoms with Gasteiger partial charge in [-0.1, -0.05) is 0 Å². The van der Waals surface area contributed by atoms with Crippen LogP contribution >= 0.6 is 24.8 Å². The molecule has 97 valence electrons. The van der Waals surface area contributed by atoms with Gasteiger partial charge in [-0.3, -0.25) is 0 Å². The van der Waals surface area contributed by atoms with Gasteiger partial charge in [0.2, 0.25) is 0 Å². The molecule has 0 heterocycles. The molecule has 0 aromatic carbocycles. The van der Waals surface area contributed by atoms with Gasteiger partial charge in [0.05, 0.1) is 0 Å². The van der Waals surface area contributed by atoms with Crippen LogP contribution in [-0.2, 0) is 18.2 Å². The standard InChI is InChI=1S/C5H5.C4H10N.2CH3.2ClH.H3Si.Zr/c1-2-4-5-3-1;1-4(2,3)5;;;;;;/h1-3H,4H2;5H,1-3H3;2*1H3;2*1H;1H3;/q;-1;;;;;;+1. The summed E-state index contributed by atoms with van der Waals surface area (Å²) in [5.41, 5.74) is 0.264. The SMILES string of the molecule is CC(C)(C)[NH][Zr]([CH3])([CH3])([SiH3])[C]1=CC=CC1.Cl.Cl. The van der Waals surface area contributed by atoms with Crippen LogP contribution in [0.3, 0.4) is 0 Å². The molecule has 0 aromatic rings. The molecule has 1 aliphatic carbocycles. The van der Waals surface area contributed by atoms with Gasteiger partial charge in [-0.2, -0.15) is 0 Å². The second kappa shape index (κ2) is 5.84. The summed E-state index contributed by atoms with van der Waals surface area (Å²) in [5, 5.41) is 0. The number of rotatable bonds is 2. The second-order valence-electron chi connectivity index (χ2n) is 6.82. The first-order valence-corrected chi connectivity index (χ1v) is 21.2. The van der Waals surface area contributed by atoms with E-state index in [1.54, 1.807) is 3.28 Å². The molecule has 0 bridgehead atoms. The minimum atomic E-state index is -2.61. The van der Waals surface area contributed by atoms with Crippen molar-refractivity contribution in [3.05, 3.63) is 21.5 Å².